The third-order valence-corrected chi connectivity index (χ3v) is 9.30. The number of carbonyl (C=O) groups is 9. The predicted octanol–water partition coefficient (Wildman–Crippen LogP) is 5.78. The summed E-state index contributed by atoms with van der Waals surface area (Å²) < 4.78 is 48.9. The topological polar surface area (TPSA) is 237 Å². The zero-order chi connectivity index (χ0) is 47.9. The number of aryl methyl sites for hydroxylation is 1. The molecule has 0 unspecified atom stereocenters. The van der Waals surface area contributed by atoms with Gasteiger partial charge in [0, 0.05) is 101 Å². The molecule has 3 aromatic rings. The average molecular weight is 893 g/mol. The van der Waals surface area contributed by atoms with E-state index in [0.717, 1.165) is 0 Å². The van der Waals surface area contributed by atoms with Gasteiger partial charge in [0.05, 0.1) is 0 Å². The summed E-state index contributed by atoms with van der Waals surface area (Å²) >= 11 is 0. The zero-order valence-corrected chi connectivity index (χ0v) is 37.5. The molecular weight excluding hydrogens is 840 g/mol. The Balaban J connectivity index is 2.53. The molecule has 0 spiro atoms. The Morgan fingerprint density at radius 2 is 0.578 bits per heavy atom. The molecule has 0 N–H and O–H groups in total. The Morgan fingerprint density at radius 1 is 0.359 bits per heavy atom. The highest BCUT2D eigenvalue weighted by Crippen LogP contribution is 2.44. The SMILES string of the molecule is CC(=O)OCc1cc(CCC(C)(c2cc(COC(C)=O)c(OC(C)=O)c(COC(C)=O)c2)c2cc(COC(C)=O)c(OC(C)=O)c(COC(C)=O)c2)cc(COC(C)=O)c1OC(C)=O. The fourth-order valence-electron chi connectivity index (χ4n) is 6.51. The van der Waals surface area contributed by atoms with E-state index in [2.05, 4.69) is 0 Å². The summed E-state index contributed by atoms with van der Waals surface area (Å²) in [6.45, 7) is 10.4. The van der Waals surface area contributed by atoms with Crippen LogP contribution in [0.4, 0.5) is 0 Å². The molecule has 0 aliphatic rings. The van der Waals surface area contributed by atoms with Crippen molar-refractivity contribution in [3.8, 4) is 17.2 Å². The molecular formula is C46H52O18. The first-order valence-electron chi connectivity index (χ1n) is 19.8. The van der Waals surface area contributed by atoms with Gasteiger partial charge in [0.1, 0.15) is 56.9 Å². The lowest BCUT2D eigenvalue weighted by Crippen LogP contribution is -2.27. The summed E-state index contributed by atoms with van der Waals surface area (Å²) in [5.74, 6) is -6.00. The van der Waals surface area contributed by atoms with E-state index in [1.807, 2.05) is 6.92 Å². The molecule has 344 valence electrons. The maximum Gasteiger partial charge on any atom is 0.308 e. The van der Waals surface area contributed by atoms with Crippen molar-refractivity contribution in [1.82, 2.24) is 0 Å². The van der Waals surface area contributed by atoms with Gasteiger partial charge < -0.3 is 42.6 Å². The van der Waals surface area contributed by atoms with Gasteiger partial charge in [-0.25, -0.2) is 0 Å². The molecule has 0 radical (unpaired) electrons. The smallest absolute Gasteiger partial charge is 0.308 e. The molecule has 64 heavy (non-hydrogen) atoms. The van der Waals surface area contributed by atoms with Gasteiger partial charge in [-0.1, -0.05) is 6.92 Å². The normalized spacial score (nSPS) is 10.8. The van der Waals surface area contributed by atoms with Gasteiger partial charge in [-0.3, -0.25) is 43.2 Å². The molecule has 0 aliphatic heterocycles. The van der Waals surface area contributed by atoms with Crippen LogP contribution >= 0.6 is 0 Å². The predicted molar refractivity (Wildman–Crippen MR) is 221 cm³/mol. The maximum atomic E-state index is 12.4. The van der Waals surface area contributed by atoms with Crippen molar-refractivity contribution >= 4 is 53.7 Å². The number of carbonyl (C=O) groups excluding carboxylic acids is 9. The quantitative estimate of drug-likeness (QED) is 0.0742. The summed E-state index contributed by atoms with van der Waals surface area (Å²) in [4.78, 5) is 110. The fourth-order valence-corrected chi connectivity index (χ4v) is 6.51. The van der Waals surface area contributed by atoms with Gasteiger partial charge in [-0.2, -0.15) is 0 Å². The van der Waals surface area contributed by atoms with E-state index >= 15 is 0 Å². The molecule has 0 saturated heterocycles. The lowest BCUT2D eigenvalue weighted by molar-refractivity contribution is -0.143. The highest BCUT2D eigenvalue weighted by Gasteiger charge is 2.34. The molecule has 0 heterocycles. The van der Waals surface area contributed by atoms with Crippen LogP contribution < -0.4 is 14.2 Å². The Labute approximate surface area is 369 Å². The molecule has 0 amide bonds. The van der Waals surface area contributed by atoms with E-state index < -0.39 is 59.1 Å². The van der Waals surface area contributed by atoms with Gasteiger partial charge in [-0.05, 0) is 65.9 Å². The van der Waals surface area contributed by atoms with E-state index in [1.54, 1.807) is 36.4 Å². The van der Waals surface area contributed by atoms with Crippen LogP contribution in [-0.2, 0) is 123 Å². The minimum Gasteiger partial charge on any atom is -0.461 e. The van der Waals surface area contributed by atoms with E-state index in [9.17, 15) is 43.2 Å². The van der Waals surface area contributed by atoms with Gasteiger partial charge in [0.2, 0.25) is 0 Å². The molecule has 0 atom stereocenters. The van der Waals surface area contributed by atoms with Crippen molar-refractivity contribution < 1.29 is 85.8 Å². The van der Waals surface area contributed by atoms with Crippen LogP contribution in [0.1, 0.15) is 126 Å². The van der Waals surface area contributed by atoms with E-state index in [-0.39, 0.29) is 103 Å². The second kappa shape index (κ2) is 23.4. The summed E-state index contributed by atoms with van der Waals surface area (Å²) in [7, 11) is 0. The number of benzene rings is 3. The van der Waals surface area contributed by atoms with Crippen molar-refractivity contribution in [2.75, 3.05) is 0 Å². The fraction of sp³-hybridized carbons (Fsp3) is 0.413. The highest BCUT2D eigenvalue weighted by atomic mass is 16.6. The summed E-state index contributed by atoms with van der Waals surface area (Å²) in [6, 6.07) is 9.86. The van der Waals surface area contributed by atoms with E-state index in [0.29, 0.717) is 16.7 Å². The third kappa shape index (κ3) is 15.7. The first-order valence-corrected chi connectivity index (χ1v) is 19.8. The summed E-state index contributed by atoms with van der Waals surface area (Å²) in [5.41, 5.74) is 1.72. The summed E-state index contributed by atoms with van der Waals surface area (Å²) in [5, 5.41) is 0. The minimum atomic E-state index is -1.23. The van der Waals surface area contributed by atoms with Crippen molar-refractivity contribution in [1.29, 1.82) is 0 Å². The second-order valence-electron chi connectivity index (χ2n) is 14.8. The molecule has 18 nitrogen and oxygen atoms in total. The highest BCUT2D eigenvalue weighted by molar-refractivity contribution is 5.74. The number of hydrogen-bond acceptors (Lipinski definition) is 18. The van der Waals surface area contributed by atoms with Gasteiger partial charge in [-0.15, -0.1) is 0 Å². The largest absolute Gasteiger partial charge is 0.461 e. The number of ether oxygens (including phenoxy) is 9. The molecule has 0 aromatic heterocycles. The van der Waals surface area contributed by atoms with Crippen LogP contribution in [0, 0.1) is 0 Å². The molecule has 18 heteroatoms. The average Bonchev–Trinajstić information content (AvgIpc) is 3.18. The molecule has 3 aromatic carbocycles. The van der Waals surface area contributed by atoms with Gasteiger partial charge in [0.25, 0.3) is 0 Å². The lowest BCUT2D eigenvalue weighted by Gasteiger charge is -2.34. The van der Waals surface area contributed by atoms with Crippen molar-refractivity contribution in [3.63, 3.8) is 0 Å². The standard InChI is InChI=1S/C46H52O18/c1-25(47)56-19-35-13-34(14-36(20-57-26(2)48)43(35)62-31(7)53)11-12-46(10,41-15-37(21-58-27(3)49)44(63-32(8)54)38(16-41)22-59-28(4)50)42-17-39(23-60-29(5)51)45(64-33(9)55)40(18-42)24-61-30(6)52/h13-18H,11-12,19-24H2,1-10H3. The first kappa shape index (κ1) is 51.2. The van der Waals surface area contributed by atoms with Crippen molar-refractivity contribution in [2.45, 2.75) is 127 Å². The summed E-state index contributed by atoms with van der Waals surface area (Å²) in [6.07, 6.45) is 0.325. The second-order valence-corrected chi connectivity index (χ2v) is 14.8. The Morgan fingerprint density at radius 3 is 0.781 bits per heavy atom. The van der Waals surface area contributed by atoms with Crippen LogP contribution in [0.2, 0.25) is 0 Å². The van der Waals surface area contributed by atoms with E-state index in [4.69, 9.17) is 42.6 Å². The van der Waals surface area contributed by atoms with Crippen molar-refractivity contribution in [3.05, 3.63) is 86.5 Å². The third-order valence-electron chi connectivity index (χ3n) is 9.30. The number of rotatable bonds is 20. The van der Waals surface area contributed by atoms with Crippen LogP contribution in [0.25, 0.3) is 0 Å². The molecule has 0 fully saturated rings. The molecule has 0 saturated carbocycles. The van der Waals surface area contributed by atoms with Crippen LogP contribution in [0.3, 0.4) is 0 Å². The molecule has 3 rings (SSSR count). The monoisotopic (exact) mass is 892 g/mol. The van der Waals surface area contributed by atoms with Crippen LogP contribution in [0.15, 0.2) is 36.4 Å². The Hall–Kier alpha value is -7.11. The number of esters is 9. The first-order chi connectivity index (χ1) is 30.0. The Bertz CT molecular complexity index is 2080. The Kier molecular flexibility index (Phi) is 18.7. The van der Waals surface area contributed by atoms with E-state index in [1.165, 1.54) is 62.3 Å². The maximum absolute atomic E-state index is 12.4. The minimum absolute atomic E-state index is 0.0244. The zero-order valence-electron chi connectivity index (χ0n) is 37.5. The molecule has 0 aliphatic carbocycles. The van der Waals surface area contributed by atoms with Crippen LogP contribution in [0.5, 0.6) is 17.2 Å². The molecule has 0 bridgehead atoms. The lowest BCUT2D eigenvalue weighted by atomic mass is 9.70. The van der Waals surface area contributed by atoms with Crippen LogP contribution in [-0.4, -0.2) is 53.7 Å². The van der Waals surface area contributed by atoms with Gasteiger partial charge in [0.15, 0.2) is 0 Å². The van der Waals surface area contributed by atoms with Crippen molar-refractivity contribution in [2.24, 2.45) is 0 Å². The number of hydrogen-bond donors (Lipinski definition) is 0. The van der Waals surface area contributed by atoms with Gasteiger partial charge >= 0.3 is 53.7 Å².